The summed E-state index contributed by atoms with van der Waals surface area (Å²) in [6.45, 7) is 6.67. The van der Waals surface area contributed by atoms with Gasteiger partial charge in [0.05, 0.1) is 11.1 Å². The number of furan rings is 1. The molecule has 0 unspecified atom stereocenters. The molecule has 0 spiro atoms. The van der Waals surface area contributed by atoms with Crippen molar-refractivity contribution in [2.75, 3.05) is 0 Å². The Morgan fingerprint density at radius 2 is 1.52 bits per heavy atom. The second kappa shape index (κ2) is 5.65. The number of hydrogen-bond acceptors (Lipinski definition) is 3. The molecule has 0 aliphatic heterocycles. The van der Waals surface area contributed by atoms with Crippen LogP contribution in [-0.4, -0.2) is 9.97 Å². The van der Waals surface area contributed by atoms with Gasteiger partial charge in [-0.15, -0.1) is 0 Å². The van der Waals surface area contributed by atoms with Crippen LogP contribution in [0.1, 0.15) is 26.3 Å². The average Bonchev–Trinajstić information content (AvgIpc) is 3.03. The molecule has 0 atom stereocenters. The van der Waals surface area contributed by atoms with E-state index in [9.17, 15) is 0 Å². The Morgan fingerprint density at radius 3 is 2.22 bits per heavy atom. The Bertz CT molecular complexity index is 1290. The normalized spacial score (nSPS) is 12.3. The first-order chi connectivity index (χ1) is 13.0. The zero-order valence-electron chi connectivity index (χ0n) is 15.7. The second-order valence-electron chi connectivity index (χ2n) is 8.03. The maximum atomic E-state index is 6.05. The van der Waals surface area contributed by atoms with E-state index in [0.29, 0.717) is 5.71 Å². The molecule has 0 aliphatic rings. The van der Waals surface area contributed by atoms with E-state index in [4.69, 9.17) is 4.42 Å². The molecule has 0 N–H and O–H groups in total. The van der Waals surface area contributed by atoms with Gasteiger partial charge in [-0.05, 0) is 33.9 Å². The van der Waals surface area contributed by atoms with Crippen molar-refractivity contribution < 1.29 is 4.42 Å². The third-order valence-electron chi connectivity index (χ3n) is 5.16. The molecule has 0 saturated carbocycles. The summed E-state index contributed by atoms with van der Waals surface area (Å²) in [7, 11) is 0. The molecule has 0 fully saturated rings. The molecule has 27 heavy (non-hydrogen) atoms. The smallest absolute Gasteiger partial charge is 0.230 e. The zero-order valence-corrected chi connectivity index (χ0v) is 15.7. The van der Waals surface area contributed by atoms with Gasteiger partial charge < -0.3 is 4.42 Å². The number of rotatable bonds is 1. The van der Waals surface area contributed by atoms with Gasteiger partial charge in [0.15, 0.2) is 0 Å². The number of benzene rings is 3. The van der Waals surface area contributed by atoms with Gasteiger partial charge in [0.1, 0.15) is 11.9 Å². The van der Waals surface area contributed by atoms with E-state index in [1.54, 1.807) is 6.33 Å². The fourth-order valence-corrected chi connectivity index (χ4v) is 3.64. The van der Waals surface area contributed by atoms with E-state index in [2.05, 4.69) is 85.3 Å². The molecule has 0 amide bonds. The van der Waals surface area contributed by atoms with Crippen LogP contribution in [0.2, 0.25) is 0 Å². The lowest BCUT2D eigenvalue weighted by molar-refractivity contribution is 0.590. The summed E-state index contributed by atoms with van der Waals surface area (Å²) in [5, 5.41) is 4.37. The molecule has 0 aliphatic carbocycles. The van der Waals surface area contributed by atoms with E-state index in [1.807, 2.05) is 6.07 Å². The summed E-state index contributed by atoms with van der Waals surface area (Å²) in [5.41, 5.74) is 4.89. The van der Waals surface area contributed by atoms with Crippen LogP contribution in [0.5, 0.6) is 0 Å². The van der Waals surface area contributed by atoms with Crippen molar-refractivity contribution in [2.24, 2.45) is 0 Å². The molecule has 2 aromatic heterocycles. The maximum Gasteiger partial charge on any atom is 0.230 e. The summed E-state index contributed by atoms with van der Waals surface area (Å²) in [4.78, 5) is 8.97. The highest BCUT2D eigenvalue weighted by molar-refractivity contribution is 6.13. The van der Waals surface area contributed by atoms with Crippen LogP contribution in [0.25, 0.3) is 44.1 Å². The van der Waals surface area contributed by atoms with Gasteiger partial charge in [-0.25, -0.2) is 9.97 Å². The number of hydrogen-bond donors (Lipinski definition) is 0. The standard InChI is InChI=1S/C24H20N2O/c1-24(2,3)18-10-8-15(9-11-18)22-21-19-12-16-6-4-5-7-17(16)13-20(19)27-23(21)26-14-25-22/h4-14H,1-3H3. The molecule has 5 rings (SSSR count). The largest absolute Gasteiger partial charge is 0.438 e. The van der Waals surface area contributed by atoms with Crippen molar-refractivity contribution >= 4 is 32.8 Å². The van der Waals surface area contributed by atoms with E-state index >= 15 is 0 Å². The third-order valence-corrected chi connectivity index (χ3v) is 5.16. The molecular formula is C24H20N2O. The van der Waals surface area contributed by atoms with Gasteiger partial charge >= 0.3 is 0 Å². The molecule has 0 saturated heterocycles. The van der Waals surface area contributed by atoms with Gasteiger partial charge in [0.25, 0.3) is 0 Å². The lowest BCUT2D eigenvalue weighted by Crippen LogP contribution is -2.10. The van der Waals surface area contributed by atoms with Crippen LogP contribution < -0.4 is 0 Å². The lowest BCUT2D eigenvalue weighted by atomic mass is 9.86. The Kier molecular flexibility index (Phi) is 3.35. The minimum atomic E-state index is 0.126. The van der Waals surface area contributed by atoms with Crippen molar-refractivity contribution in [1.82, 2.24) is 9.97 Å². The van der Waals surface area contributed by atoms with Crippen LogP contribution in [0.3, 0.4) is 0 Å². The molecule has 5 aromatic rings. The van der Waals surface area contributed by atoms with Gasteiger partial charge in [-0.1, -0.05) is 69.3 Å². The molecule has 132 valence electrons. The molecule has 2 heterocycles. The zero-order chi connectivity index (χ0) is 18.6. The average molecular weight is 352 g/mol. The Labute approximate surface area is 157 Å². The van der Waals surface area contributed by atoms with Crippen LogP contribution in [0.4, 0.5) is 0 Å². The monoisotopic (exact) mass is 352 g/mol. The predicted octanol–water partition coefficient (Wildman–Crippen LogP) is 6.49. The van der Waals surface area contributed by atoms with E-state index in [1.165, 1.54) is 10.9 Å². The maximum absolute atomic E-state index is 6.05. The fraction of sp³-hybridized carbons (Fsp3) is 0.167. The first-order valence-electron chi connectivity index (χ1n) is 9.18. The molecule has 0 bridgehead atoms. The third kappa shape index (κ3) is 2.58. The van der Waals surface area contributed by atoms with Crippen LogP contribution in [0.15, 0.2) is 71.4 Å². The van der Waals surface area contributed by atoms with Gasteiger partial charge in [0.2, 0.25) is 5.71 Å². The lowest BCUT2D eigenvalue weighted by Gasteiger charge is -2.19. The predicted molar refractivity (Wildman–Crippen MR) is 111 cm³/mol. The molecule has 3 heteroatoms. The first kappa shape index (κ1) is 16.0. The Hall–Kier alpha value is -3.20. The van der Waals surface area contributed by atoms with Crippen molar-refractivity contribution in [1.29, 1.82) is 0 Å². The fourth-order valence-electron chi connectivity index (χ4n) is 3.64. The SMILES string of the molecule is CC(C)(C)c1ccc(-c2ncnc3oc4cc5ccccc5cc4c23)cc1. The van der Waals surface area contributed by atoms with Gasteiger partial charge in [-0.3, -0.25) is 0 Å². The number of aromatic nitrogens is 2. The summed E-state index contributed by atoms with van der Waals surface area (Å²) in [6, 6.07) is 21.2. The van der Waals surface area contributed by atoms with Crippen molar-refractivity contribution in [3.63, 3.8) is 0 Å². The van der Waals surface area contributed by atoms with Crippen molar-refractivity contribution in [2.45, 2.75) is 26.2 Å². The van der Waals surface area contributed by atoms with Crippen molar-refractivity contribution in [3.8, 4) is 11.3 Å². The number of fused-ring (bicyclic) bond motifs is 4. The Balaban J connectivity index is 1.78. The summed E-state index contributed by atoms with van der Waals surface area (Å²) in [5.74, 6) is 0. The van der Waals surface area contributed by atoms with Crippen molar-refractivity contribution in [3.05, 3.63) is 72.6 Å². The molecular weight excluding hydrogens is 332 g/mol. The summed E-state index contributed by atoms with van der Waals surface area (Å²) >= 11 is 0. The highest BCUT2D eigenvalue weighted by atomic mass is 16.3. The summed E-state index contributed by atoms with van der Waals surface area (Å²) < 4.78 is 6.05. The number of nitrogens with zero attached hydrogens (tertiary/aromatic N) is 2. The molecule has 3 nitrogen and oxygen atoms in total. The molecule has 3 aromatic carbocycles. The van der Waals surface area contributed by atoms with Crippen LogP contribution >= 0.6 is 0 Å². The quantitative estimate of drug-likeness (QED) is 0.346. The van der Waals surface area contributed by atoms with Gasteiger partial charge in [0, 0.05) is 10.9 Å². The van der Waals surface area contributed by atoms with E-state index in [0.717, 1.165) is 33.0 Å². The first-order valence-corrected chi connectivity index (χ1v) is 9.18. The summed E-state index contributed by atoms with van der Waals surface area (Å²) in [6.07, 6.45) is 1.58. The topological polar surface area (TPSA) is 38.9 Å². The minimum absolute atomic E-state index is 0.126. The molecule has 0 radical (unpaired) electrons. The van der Waals surface area contributed by atoms with Crippen LogP contribution in [-0.2, 0) is 5.41 Å². The Morgan fingerprint density at radius 1 is 0.815 bits per heavy atom. The highest BCUT2D eigenvalue weighted by Gasteiger charge is 2.17. The second-order valence-corrected chi connectivity index (χ2v) is 8.03. The minimum Gasteiger partial charge on any atom is -0.438 e. The van der Waals surface area contributed by atoms with Gasteiger partial charge in [-0.2, -0.15) is 0 Å². The highest BCUT2D eigenvalue weighted by Crippen LogP contribution is 2.36. The van der Waals surface area contributed by atoms with E-state index in [-0.39, 0.29) is 5.41 Å². The van der Waals surface area contributed by atoms with E-state index < -0.39 is 0 Å². The van der Waals surface area contributed by atoms with Crippen LogP contribution in [0, 0.1) is 0 Å².